The minimum atomic E-state index is -0.0691. The normalized spacial score (nSPS) is 16.7. The fourth-order valence-electron chi connectivity index (χ4n) is 3.35. The summed E-state index contributed by atoms with van der Waals surface area (Å²) in [4.78, 5) is 27.5. The SMILES string of the molecule is Cc1nc(C)c(C(=O)N2Cc3[nH]cnc3C(c3cccc(O)c3)C2)s1. The minimum Gasteiger partial charge on any atom is -0.508 e. The van der Waals surface area contributed by atoms with Gasteiger partial charge in [0, 0.05) is 12.5 Å². The lowest BCUT2D eigenvalue weighted by Crippen LogP contribution is -2.38. The van der Waals surface area contributed by atoms with Crippen molar-refractivity contribution in [3.05, 3.63) is 63.1 Å². The van der Waals surface area contributed by atoms with Gasteiger partial charge in [-0.15, -0.1) is 11.3 Å². The van der Waals surface area contributed by atoms with Gasteiger partial charge in [0.15, 0.2) is 0 Å². The number of benzene rings is 1. The number of amides is 1. The quantitative estimate of drug-likeness (QED) is 0.741. The van der Waals surface area contributed by atoms with Crippen LogP contribution in [0.2, 0.25) is 0 Å². The first-order chi connectivity index (χ1) is 12.0. The van der Waals surface area contributed by atoms with Gasteiger partial charge < -0.3 is 15.0 Å². The molecule has 0 fully saturated rings. The van der Waals surface area contributed by atoms with Gasteiger partial charge in [0.25, 0.3) is 5.91 Å². The second-order valence-corrected chi connectivity index (χ2v) is 7.45. The van der Waals surface area contributed by atoms with Crippen LogP contribution in [0.1, 0.15) is 43.2 Å². The number of aromatic nitrogens is 3. The lowest BCUT2D eigenvalue weighted by Gasteiger charge is -2.32. The van der Waals surface area contributed by atoms with Crippen LogP contribution < -0.4 is 0 Å². The number of thiazole rings is 1. The fourth-order valence-corrected chi connectivity index (χ4v) is 4.24. The molecule has 2 N–H and O–H groups in total. The molecule has 6 nitrogen and oxygen atoms in total. The molecule has 0 radical (unpaired) electrons. The molecular weight excluding hydrogens is 336 g/mol. The number of fused-ring (bicyclic) bond motifs is 1. The van der Waals surface area contributed by atoms with Gasteiger partial charge in [-0.2, -0.15) is 0 Å². The number of phenols is 1. The van der Waals surface area contributed by atoms with Crippen LogP contribution in [-0.2, 0) is 6.54 Å². The third-order valence-electron chi connectivity index (χ3n) is 4.49. The summed E-state index contributed by atoms with van der Waals surface area (Å²) >= 11 is 1.43. The lowest BCUT2D eigenvalue weighted by atomic mass is 9.90. The molecule has 3 aromatic rings. The van der Waals surface area contributed by atoms with E-state index in [0.717, 1.165) is 27.7 Å². The molecule has 1 aliphatic rings. The van der Waals surface area contributed by atoms with Crippen LogP contribution in [0.4, 0.5) is 0 Å². The number of aryl methyl sites for hydroxylation is 2. The highest BCUT2D eigenvalue weighted by molar-refractivity contribution is 7.13. The van der Waals surface area contributed by atoms with E-state index in [0.29, 0.717) is 18.0 Å². The zero-order valence-electron chi connectivity index (χ0n) is 14.0. The van der Waals surface area contributed by atoms with E-state index in [4.69, 9.17) is 0 Å². The average Bonchev–Trinajstić information content (AvgIpc) is 3.19. The Morgan fingerprint density at radius 1 is 1.40 bits per heavy atom. The number of aromatic hydroxyl groups is 1. The van der Waals surface area contributed by atoms with Gasteiger partial charge in [-0.1, -0.05) is 12.1 Å². The first-order valence-corrected chi connectivity index (χ1v) is 8.89. The number of nitrogens with one attached hydrogen (secondary N) is 1. The largest absolute Gasteiger partial charge is 0.508 e. The zero-order chi connectivity index (χ0) is 17.6. The van der Waals surface area contributed by atoms with E-state index in [1.54, 1.807) is 18.5 Å². The van der Waals surface area contributed by atoms with Crippen molar-refractivity contribution in [2.75, 3.05) is 6.54 Å². The number of H-pyrrole nitrogens is 1. The van der Waals surface area contributed by atoms with Gasteiger partial charge in [0.1, 0.15) is 10.6 Å². The summed E-state index contributed by atoms with van der Waals surface area (Å²) in [5, 5.41) is 10.7. The summed E-state index contributed by atoms with van der Waals surface area (Å²) in [5.41, 5.74) is 3.60. The van der Waals surface area contributed by atoms with E-state index in [1.165, 1.54) is 11.3 Å². The van der Waals surface area contributed by atoms with E-state index in [-0.39, 0.29) is 17.6 Å². The molecule has 4 rings (SSSR count). The molecule has 0 bridgehead atoms. The van der Waals surface area contributed by atoms with Gasteiger partial charge in [-0.3, -0.25) is 4.79 Å². The van der Waals surface area contributed by atoms with Crippen LogP contribution >= 0.6 is 11.3 Å². The molecule has 1 unspecified atom stereocenters. The summed E-state index contributed by atoms with van der Waals surface area (Å²) in [6.07, 6.45) is 1.66. The van der Waals surface area contributed by atoms with Gasteiger partial charge in [0.05, 0.1) is 35.0 Å². The Hall–Kier alpha value is -2.67. The summed E-state index contributed by atoms with van der Waals surface area (Å²) in [6.45, 7) is 4.80. The van der Waals surface area contributed by atoms with Crippen LogP contribution in [-0.4, -0.2) is 37.4 Å². The molecule has 1 aliphatic heterocycles. The zero-order valence-corrected chi connectivity index (χ0v) is 14.8. The molecule has 1 aromatic carbocycles. The van der Waals surface area contributed by atoms with Gasteiger partial charge >= 0.3 is 0 Å². The van der Waals surface area contributed by atoms with Crippen LogP contribution in [0.25, 0.3) is 0 Å². The topological polar surface area (TPSA) is 82.1 Å². The Balaban J connectivity index is 1.71. The van der Waals surface area contributed by atoms with Crippen molar-refractivity contribution in [1.82, 2.24) is 19.9 Å². The van der Waals surface area contributed by atoms with E-state index in [9.17, 15) is 9.90 Å². The third kappa shape index (κ3) is 2.80. The Morgan fingerprint density at radius 2 is 2.24 bits per heavy atom. The lowest BCUT2D eigenvalue weighted by molar-refractivity contribution is 0.0726. The fraction of sp³-hybridized carbons (Fsp3) is 0.278. The van der Waals surface area contributed by atoms with Gasteiger partial charge in [-0.25, -0.2) is 9.97 Å². The number of carbonyl (C=O) groups is 1. The van der Waals surface area contributed by atoms with Gasteiger partial charge in [0.2, 0.25) is 0 Å². The van der Waals surface area contributed by atoms with Crippen molar-refractivity contribution in [2.24, 2.45) is 0 Å². The van der Waals surface area contributed by atoms with Crippen LogP contribution in [0.3, 0.4) is 0 Å². The third-order valence-corrected chi connectivity index (χ3v) is 5.55. The van der Waals surface area contributed by atoms with Crippen LogP contribution in [0.5, 0.6) is 5.75 Å². The minimum absolute atomic E-state index is 0.00602. The molecule has 7 heteroatoms. The second kappa shape index (κ2) is 6.00. The van der Waals surface area contributed by atoms with Crippen LogP contribution in [0.15, 0.2) is 30.6 Å². The van der Waals surface area contributed by atoms with Crippen LogP contribution in [0, 0.1) is 13.8 Å². The molecular formula is C18H18N4O2S. The monoisotopic (exact) mass is 354 g/mol. The number of imidazole rings is 1. The van der Waals surface area contributed by atoms with E-state index in [2.05, 4.69) is 15.0 Å². The molecule has 0 saturated heterocycles. The second-order valence-electron chi connectivity index (χ2n) is 6.25. The van der Waals surface area contributed by atoms with Gasteiger partial charge in [-0.05, 0) is 31.5 Å². The number of rotatable bonds is 2. The Bertz CT molecular complexity index is 946. The summed E-state index contributed by atoms with van der Waals surface area (Å²) < 4.78 is 0. The molecule has 0 saturated carbocycles. The number of phenolic OH excluding ortho intramolecular Hbond substituents is 1. The van der Waals surface area contributed by atoms with Crippen molar-refractivity contribution < 1.29 is 9.90 Å². The highest BCUT2D eigenvalue weighted by atomic mass is 32.1. The van der Waals surface area contributed by atoms with E-state index in [1.807, 2.05) is 30.9 Å². The van der Waals surface area contributed by atoms with Crippen molar-refractivity contribution >= 4 is 17.2 Å². The molecule has 25 heavy (non-hydrogen) atoms. The average molecular weight is 354 g/mol. The molecule has 1 atom stereocenters. The number of nitrogens with zero attached hydrogens (tertiary/aromatic N) is 3. The predicted octanol–water partition coefficient (Wildman–Crippen LogP) is 2.98. The smallest absolute Gasteiger partial charge is 0.266 e. The maximum Gasteiger partial charge on any atom is 0.266 e. The first-order valence-electron chi connectivity index (χ1n) is 8.07. The van der Waals surface area contributed by atoms with Crippen molar-refractivity contribution in [3.8, 4) is 5.75 Å². The van der Waals surface area contributed by atoms with Crippen molar-refractivity contribution in [2.45, 2.75) is 26.3 Å². The number of carbonyl (C=O) groups excluding carboxylic acids is 1. The van der Waals surface area contributed by atoms with Crippen molar-refractivity contribution in [1.29, 1.82) is 0 Å². The Labute approximate surface area is 149 Å². The van der Waals surface area contributed by atoms with E-state index < -0.39 is 0 Å². The summed E-state index contributed by atoms with van der Waals surface area (Å²) in [7, 11) is 0. The molecule has 128 valence electrons. The Kier molecular flexibility index (Phi) is 3.80. The molecule has 2 aromatic heterocycles. The highest BCUT2D eigenvalue weighted by Crippen LogP contribution is 2.34. The molecule has 0 aliphatic carbocycles. The van der Waals surface area contributed by atoms with E-state index >= 15 is 0 Å². The highest BCUT2D eigenvalue weighted by Gasteiger charge is 2.33. The molecule has 1 amide bonds. The maximum absolute atomic E-state index is 13.0. The summed E-state index contributed by atoms with van der Waals surface area (Å²) in [6, 6.07) is 7.15. The molecule has 3 heterocycles. The number of hydrogen-bond acceptors (Lipinski definition) is 5. The summed E-state index contributed by atoms with van der Waals surface area (Å²) in [5.74, 6) is 0.140. The number of hydrogen-bond donors (Lipinski definition) is 2. The first kappa shape index (κ1) is 15.8. The molecule has 0 spiro atoms. The number of aromatic amines is 1. The Morgan fingerprint density at radius 3 is 2.96 bits per heavy atom. The maximum atomic E-state index is 13.0. The standard InChI is InChI=1S/C18H18N4O2S/c1-10-17(25-11(2)21-10)18(24)22-7-14(12-4-3-5-13(23)6-12)16-15(8-22)19-9-20-16/h3-6,9,14,23H,7-8H2,1-2H3,(H,19,20). The predicted molar refractivity (Wildman–Crippen MR) is 94.9 cm³/mol. The van der Waals surface area contributed by atoms with Crippen molar-refractivity contribution in [3.63, 3.8) is 0 Å².